The molecule has 7 heteroatoms. The van der Waals surface area contributed by atoms with Gasteiger partial charge in [-0.15, -0.1) is 0 Å². The number of fused-ring (bicyclic) bond motifs is 1. The summed E-state index contributed by atoms with van der Waals surface area (Å²) in [5, 5.41) is 0. The van der Waals surface area contributed by atoms with Crippen molar-refractivity contribution in [1.29, 1.82) is 0 Å². The SMILES string of the molecule is O=C(CN1CCN(C(=O)c2cc3occc3[nH]2)CC1)N1CCC1. The van der Waals surface area contributed by atoms with Gasteiger partial charge in [0.2, 0.25) is 5.91 Å². The van der Waals surface area contributed by atoms with Crippen LogP contribution < -0.4 is 0 Å². The van der Waals surface area contributed by atoms with Gasteiger partial charge in [-0.05, 0) is 6.42 Å². The second kappa shape index (κ2) is 5.73. The van der Waals surface area contributed by atoms with Gasteiger partial charge in [-0.3, -0.25) is 14.5 Å². The summed E-state index contributed by atoms with van der Waals surface area (Å²) >= 11 is 0. The minimum absolute atomic E-state index is 0.00915. The lowest BCUT2D eigenvalue weighted by Gasteiger charge is -2.37. The first-order valence-corrected chi connectivity index (χ1v) is 8.06. The number of carbonyl (C=O) groups is 2. The van der Waals surface area contributed by atoms with Crippen molar-refractivity contribution in [2.45, 2.75) is 6.42 Å². The molecule has 2 aliphatic rings. The highest BCUT2D eigenvalue weighted by Crippen LogP contribution is 2.18. The summed E-state index contributed by atoms with van der Waals surface area (Å²) in [6.45, 7) is 5.03. The highest BCUT2D eigenvalue weighted by atomic mass is 16.3. The van der Waals surface area contributed by atoms with Gasteiger partial charge >= 0.3 is 0 Å². The van der Waals surface area contributed by atoms with E-state index >= 15 is 0 Å². The molecule has 7 nitrogen and oxygen atoms in total. The largest absolute Gasteiger partial charge is 0.463 e. The number of rotatable bonds is 3. The van der Waals surface area contributed by atoms with Crippen molar-refractivity contribution in [2.75, 3.05) is 45.8 Å². The Morgan fingerprint density at radius 3 is 2.52 bits per heavy atom. The van der Waals surface area contributed by atoms with Crippen LogP contribution in [0.4, 0.5) is 0 Å². The molecule has 4 rings (SSSR count). The second-order valence-corrected chi connectivity index (χ2v) is 6.18. The van der Waals surface area contributed by atoms with Crippen LogP contribution in [0.15, 0.2) is 22.8 Å². The molecule has 2 saturated heterocycles. The average molecular weight is 316 g/mol. The van der Waals surface area contributed by atoms with E-state index < -0.39 is 0 Å². The van der Waals surface area contributed by atoms with Crippen molar-refractivity contribution in [3.8, 4) is 0 Å². The van der Waals surface area contributed by atoms with E-state index in [1.54, 1.807) is 12.3 Å². The molecule has 0 bridgehead atoms. The van der Waals surface area contributed by atoms with E-state index in [0.717, 1.165) is 38.1 Å². The fourth-order valence-electron chi connectivity index (χ4n) is 3.10. The molecule has 2 fully saturated rings. The van der Waals surface area contributed by atoms with Gasteiger partial charge in [0.25, 0.3) is 5.91 Å². The Hall–Kier alpha value is -2.28. The Morgan fingerprint density at radius 1 is 1.09 bits per heavy atom. The standard InChI is InChI=1S/C16H20N4O3/c21-15(19-3-1-4-19)11-18-5-7-20(8-6-18)16(22)13-10-14-12(17-13)2-9-23-14/h2,9-10,17H,1,3-8,11H2. The van der Waals surface area contributed by atoms with Gasteiger partial charge in [-0.2, -0.15) is 0 Å². The minimum Gasteiger partial charge on any atom is -0.463 e. The van der Waals surface area contributed by atoms with Crippen LogP contribution in [0.5, 0.6) is 0 Å². The molecule has 0 radical (unpaired) electrons. The van der Waals surface area contributed by atoms with Gasteiger partial charge in [0, 0.05) is 51.4 Å². The number of aromatic amines is 1. The molecule has 0 unspecified atom stereocenters. The molecule has 122 valence electrons. The number of furan rings is 1. The lowest BCUT2D eigenvalue weighted by Crippen LogP contribution is -2.53. The van der Waals surface area contributed by atoms with Crippen molar-refractivity contribution < 1.29 is 14.0 Å². The highest BCUT2D eigenvalue weighted by Gasteiger charge is 2.27. The molecule has 2 aromatic rings. The first-order chi connectivity index (χ1) is 11.2. The quantitative estimate of drug-likeness (QED) is 0.907. The van der Waals surface area contributed by atoms with E-state index in [1.807, 2.05) is 15.9 Å². The summed E-state index contributed by atoms with van der Waals surface area (Å²) in [4.78, 5) is 33.4. The molecule has 0 aromatic carbocycles. The summed E-state index contributed by atoms with van der Waals surface area (Å²) in [5.74, 6) is 0.200. The van der Waals surface area contributed by atoms with Crippen molar-refractivity contribution >= 4 is 22.9 Å². The van der Waals surface area contributed by atoms with Crippen molar-refractivity contribution in [3.63, 3.8) is 0 Å². The summed E-state index contributed by atoms with van der Waals surface area (Å²) in [6.07, 6.45) is 2.72. The third-order valence-corrected chi connectivity index (χ3v) is 4.70. The van der Waals surface area contributed by atoms with Crippen molar-refractivity contribution in [2.24, 2.45) is 0 Å². The van der Waals surface area contributed by atoms with Crippen LogP contribution in [-0.2, 0) is 4.79 Å². The molecular formula is C16H20N4O3. The maximum atomic E-state index is 12.5. The minimum atomic E-state index is -0.00915. The predicted octanol–water partition coefficient (Wildman–Crippen LogP) is 0.751. The Labute approximate surface area is 133 Å². The first kappa shape index (κ1) is 14.3. The maximum absolute atomic E-state index is 12.5. The number of nitrogens with zero attached hydrogens (tertiary/aromatic N) is 3. The number of likely N-dealkylation sites (tertiary alicyclic amines) is 1. The van der Waals surface area contributed by atoms with E-state index in [1.165, 1.54) is 0 Å². The molecule has 4 heterocycles. The molecule has 0 atom stereocenters. The summed E-state index contributed by atoms with van der Waals surface area (Å²) < 4.78 is 5.28. The first-order valence-electron chi connectivity index (χ1n) is 8.06. The molecule has 2 aromatic heterocycles. The van der Waals surface area contributed by atoms with E-state index in [4.69, 9.17) is 4.42 Å². The van der Waals surface area contributed by atoms with Crippen molar-refractivity contribution in [3.05, 3.63) is 24.1 Å². The number of carbonyl (C=O) groups excluding carboxylic acids is 2. The van der Waals surface area contributed by atoms with E-state index in [0.29, 0.717) is 30.9 Å². The summed E-state index contributed by atoms with van der Waals surface area (Å²) in [6, 6.07) is 3.56. The fourth-order valence-corrected chi connectivity index (χ4v) is 3.10. The molecule has 2 aliphatic heterocycles. The van der Waals surface area contributed by atoms with Crippen LogP contribution in [0, 0.1) is 0 Å². The van der Waals surface area contributed by atoms with E-state index in [-0.39, 0.29) is 11.8 Å². The zero-order valence-corrected chi connectivity index (χ0v) is 13.0. The Balaban J connectivity index is 1.32. The van der Waals surface area contributed by atoms with Crippen LogP contribution in [0.1, 0.15) is 16.9 Å². The van der Waals surface area contributed by atoms with Crippen LogP contribution in [0.2, 0.25) is 0 Å². The lowest BCUT2D eigenvalue weighted by molar-refractivity contribution is -0.136. The number of hydrogen-bond acceptors (Lipinski definition) is 4. The smallest absolute Gasteiger partial charge is 0.270 e. The number of nitrogens with one attached hydrogen (secondary N) is 1. The van der Waals surface area contributed by atoms with Gasteiger partial charge in [0.1, 0.15) is 5.69 Å². The average Bonchev–Trinajstić information content (AvgIpc) is 3.06. The molecule has 23 heavy (non-hydrogen) atoms. The van der Waals surface area contributed by atoms with Crippen LogP contribution in [-0.4, -0.2) is 77.3 Å². The zero-order chi connectivity index (χ0) is 15.8. The normalized spacial score (nSPS) is 19.1. The summed E-state index contributed by atoms with van der Waals surface area (Å²) in [5.41, 5.74) is 2.10. The monoisotopic (exact) mass is 316 g/mol. The third-order valence-electron chi connectivity index (χ3n) is 4.70. The highest BCUT2D eigenvalue weighted by molar-refractivity contribution is 5.96. The molecule has 2 amide bonds. The van der Waals surface area contributed by atoms with Gasteiger partial charge in [0.05, 0.1) is 18.3 Å². The number of H-pyrrole nitrogens is 1. The number of aromatic nitrogens is 1. The lowest BCUT2D eigenvalue weighted by atomic mass is 10.2. The van der Waals surface area contributed by atoms with Crippen LogP contribution >= 0.6 is 0 Å². The number of hydrogen-bond donors (Lipinski definition) is 1. The second-order valence-electron chi connectivity index (χ2n) is 6.18. The van der Waals surface area contributed by atoms with Gasteiger partial charge in [-0.25, -0.2) is 0 Å². The fraction of sp³-hybridized carbons (Fsp3) is 0.500. The van der Waals surface area contributed by atoms with Crippen molar-refractivity contribution in [1.82, 2.24) is 19.7 Å². The zero-order valence-electron chi connectivity index (χ0n) is 13.0. The maximum Gasteiger partial charge on any atom is 0.270 e. The van der Waals surface area contributed by atoms with Crippen LogP contribution in [0.3, 0.4) is 0 Å². The van der Waals surface area contributed by atoms with Crippen LogP contribution in [0.25, 0.3) is 11.1 Å². The molecule has 0 spiro atoms. The van der Waals surface area contributed by atoms with E-state index in [9.17, 15) is 9.59 Å². The van der Waals surface area contributed by atoms with Gasteiger partial charge in [-0.1, -0.05) is 0 Å². The Morgan fingerprint density at radius 2 is 1.87 bits per heavy atom. The van der Waals surface area contributed by atoms with E-state index in [2.05, 4.69) is 9.88 Å². The van der Waals surface area contributed by atoms with Gasteiger partial charge in [0.15, 0.2) is 5.58 Å². The van der Waals surface area contributed by atoms with Gasteiger partial charge < -0.3 is 19.2 Å². The topological polar surface area (TPSA) is 72.8 Å². The molecule has 0 saturated carbocycles. The predicted molar refractivity (Wildman–Crippen MR) is 84.1 cm³/mol. The molecule has 0 aliphatic carbocycles. The molecular weight excluding hydrogens is 296 g/mol. The summed E-state index contributed by atoms with van der Waals surface area (Å²) in [7, 11) is 0. The Bertz CT molecular complexity index is 694. The molecule has 1 N–H and O–H groups in total. The number of amides is 2. The Kier molecular flexibility index (Phi) is 3.57. The third kappa shape index (κ3) is 2.72. The number of piperazine rings is 1.